The van der Waals surface area contributed by atoms with Crippen molar-refractivity contribution >= 4 is 5.97 Å². The summed E-state index contributed by atoms with van der Waals surface area (Å²) in [5.74, 6) is -3.73. The lowest BCUT2D eigenvalue weighted by Gasteiger charge is -2.15. The zero-order chi connectivity index (χ0) is 12.2. The van der Waals surface area contributed by atoms with Gasteiger partial charge in [-0.1, -0.05) is 0 Å². The van der Waals surface area contributed by atoms with E-state index in [1.54, 1.807) is 4.90 Å². The Labute approximate surface area is 92.2 Å². The Kier molecular flexibility index (Phi) is 4.57. The number of carboxylic acids is 1. The van der Waals surface area contributed by atoms with Crippen LogP contribution >= 0.6 is 0 Å². The zero-order valence-electron chi connectivity index (χ0n) is 8.86. The van der Waals surface area contributed by atoms with Gasteiger partial charge in [0.1, 0.15) is 6.04 Å². The molecule has 0 radical (unpaired) electrons. The first-order valence-corrected chi connectivity index (χ1v) is 5.07. The number of nitrogens with two attached hydrogens (primary N) is 1. The Morgan fingerprint density at radius 1 is 1.62 bits per heavy atom. The third kappa shape index (κ3) is 4.38. The van der Waals surface area contributed by atoms with Gasteiger partial charge in [0.05, 0.1) is 19.8 Å². The van der Waals surface area contributed by atoms with E-state index in [0.717, 1.165) is 0 Å². The van der Waals surface area contributed by atoms with Gasteiger partial charge in [0.2, 0.25) is 0 Å². The smallest absolute Gasteiger partial charge is 0.322 e. The number of alkyl halides is 2. The average Bonchev–Trinajstić information content (AvgIpc) is 2.52. The SMILES string of the molecule is N[C@@H](COCCN1CCC(F)(F)C1)C(=O)O. The highest BCUT2D eigenvalue weighted by Crippen LogP contribution is 2.26. The fourth-order valence-corrected chi connectivity index (χ4v) is 1.47. The van der Waals surface area contributed by atoms with Crippen molar-refractivity contribution in [2.45, 2.75) is 18.4 Å². The quantitative estimate of drug-likeness (QED) is 0.624. The van der Waals surface area contributed by atoms with Crippen LogP contribution in [0.25, 0.3) is 0 Å². The molecule has 1 aliphatic rings. The summed E-state index contributed by atoms with van der Waals surface area (Å²) < 4.78 is 30.5. The molecule has 0 bridgehead atoms. The van der Waals surface area contributed by atoms with E-state index in [0.29, 0.717) is 13.1 Å². The van der Waals surface area contributed by atoms with E-state index in [1.165, 1.54) is 0 Å². The summed E-state index contributed by atoms with van der Waals surface area (Å²) in [5, 5.41) is 8.45. The molecule has 16 heavy (non-hydrogen) atoms. The largest absolute Gasteiger partial charge is 0.480 e. The summed E-state index contributed by atoms with van der Waals surface area (Å²) in [4.78, 5) is 11.9. The normalized spacial score (nSPS) is 22.2. The van der Waals surface area contributed by atoms with Crippen LogP contribution in [0.5, 0.6) is 0 Å². The number of likely N-dealkylation sites (tertiary alicyclic amines) is 1. The molecule has 1 heterocycles. The van der Waals surface area contributed by atoms with Crippen molar-refractivity contribution in [3.05, 3.63) is 0 Å². The molecule has 1 rings (SSSR count). The van der Waals surface area contributed by atoms with Gasteiger partial charge in [-0.3, -0.25) is 9.69 Å². The zero-order valence-corrected chi connectivity index (χ0v) is 8.86. The lowest BCUT2D eigenvalue weighted by atomic mass is 10.3. The lowest BCUT2D eigenvalue weighted by Crippen LogP contribution is -2.36. The van der Waals surface area contributed by atoms with Gasteiger partial charge in [0, 0.05) is 19.5 Å². The Morgan fingerprint density at radius 3 is 2.81 bits per heavy atom. The van der Waals surface area contributed by atoms with Crippen LogP contribution in [-0.2, 0) is 9.53 Å². The lowest BCUT2D eigenvalue weighted by molar-refractivity contribution is -0.140. The molecule has 94 valence electrons. The van der Waals surface area contributed by atoms with E-state index < -0.39 is 17.9 Å². The Morgan fingerprint density at radius 2 is 2.31 bits per heavy atom. The maximum Gasteiger partial charge on any atom is 0.322 e. The molecule has 0 aliphatic carbocycles. The standard InChI is InChI=1S/C9H16F2N2O3/c10-9(11)1-2-13(6-9)3-4-16-5-7(12)8(14)15/h7H,1-6,12H2,(H,14,15)/t7-/m0/s1. The summed E-state index contributed by atoms with van der Waals surface area (Å²) in [6, 6.07) is -1.06. The van der Waals surface area contributed by atoms with Crippen LogP contribution < -0.4 is 5.73 Å². The van der Waals surface area contributed by atoms with E-state index in [2.05, 4.69) is 0 Å². The second-order valence-corrected chi connectivity index (χ2v) is 3.90. The molecule has 3 N–H and O–H groups in total. The van der Waals surface area contributed by atoms with Crippen molar-refractivity contribution in [2.24, 2.45) is 5.73 Å². The van der Waals surface area contributed by atoms with Gasteiger partial charge in [-0.05, 0) is 0 Å². The minimum atomic E-state index is -2.60. The molecule has 7 heteroatoms. The Hall–Kier alpha value is -0.790. The van der Waals surface area contributed by atoms with Crippen LogP contribution in [0, 0.1) is 0 Å². The van der Waals surface area contributed by atoms with Crippen molar-refractivity contribution in [1.82, 2.24) is 4.90 Å². The molecule has 0 spiro atoms. The van der Waals surface area contributed by atoms with Gasteiger partial charge in [0.25, 0.3) is 5.92 Å². The summed E-state index contributed by atoms with van der Waals surface area (Å²) >= 11 is 0. The van der Waals surface area contributed by atoms with Crippen LogP contribution in [0.2, 0.25) is 0 Å². The molecule has 1 aliphatic heterocycles. The van der Waals surface area contributed by atoms with Crippen molar-refractivity contribution in [2.75, 3.05) is 32.8 Å². The van der Waals surface area contributed by atoms with Crippen molar-refractivity contribution in [3.8, 4) is 0 Å². The maximum absolute atomic E-state index is 12.8. The molecule has 1 saturated heterocycles. The predicted octanol–water partition coefficient (Wildman–Crippen LogP) is -0.244. The van der Waals surface area contributed by atoms with Crippen LogP contribution in [0.4, 0.5) is 8.78 Å². The fraction of sp³-hybridized carbons (Fsp3) is 0.889. The number of nitrogens with zero attached hydrogens (tertiary/aromatic N) is 1. The van der Waals surface area contributed by atoms with E-state index in [1.807, 2.05) is 0 Å². The van der Waals surface area contributed by atoms with Gasteiger partial charge in [-0.15, -0.1) is 0 Å². The number of rotatable bonds is 6. The van der Waals surface area contributed by atoms with Crippen molar-refractivity contribution in [3.63, 3.8) is 0 Å². The van der Waals surface area contributed by atoms with Crippen LogP contribution in [0.15, 0.2) is 0 Å². The third-order valence-electron chi connectivity index (χ3n) is 2.42. The highest BCUT2D eigenvalue weighted by Gasteiger charge is 2.37. The topological polar surface area (TPSA) is 75.8 Å². The van der Waals surface area contributed by atoms with Crippen molar-refractivity contribution in [1.29, 1.82) is 0 Å². The van der Waals surface area contributed by atoms with Crippen LogP contribution in [0.3, 0.4) is 0 Å². The Bertz CT molecular complexity index is 251. The number of halogens is 2. The van der Waals surface area contributed by atoms with E-state index in [-0.39, 0.29) is 26.2 Å². The van der Waals surface area contributed by atoms with Gasteiger partial charge in [-0.25, -0.2) is 8.78 Å². The van der Waals surface area contributed by atoms with Crippen LogP contribution in [0.1, 0.15) is 6.42 Å². The molecule has 0 amide bonds. The first kappa shape index (κ1) is 13.3. The summed E-state index contributed by atoms with van der Waals surface area (Å²) in [6.07, 6.45) is -0.123. The fourth-order valence-electron chi connectivity index (χ4n) is 1.47. The molecule has 0 aromatic carbocycles. The van der Waals surface area contributed by atoms with Crippen LogP contribution in [-0.4, -0.2) is 60.8 Å². The third-order valence-corrected chi connectivity index (χ3v) is 2.42. The van der Waals surface area contributed by atoms with Gasteiger partial charge >= 0.3 is 5.97 Å². The van der Waals surface area contributed by atoms with Crippen molar-refractivity contribution < 1.29 is 23.4 Å². The molecule has 1 atom stereocenters. The second kappa shape index (κ2) is 5.51. The van der Waals surface area contributed by atoms with Gasteiger partial charge < -0.3 is 15.6 Å². The van der Waals surface area contributed by atoms with Gasteiger partial charge in [-0.2, -0.15) is 0 Å². The number of ether oxygens (including phenoxy) is 1. The summed E-state index contributed by atoms with van der Waals surface area (Å²) in [5.41, 5.74) is 5.20. The molecule has 0 saturated carbocycles. The molecule has 0 aromatic rings. The number of carboxylic acid groups (broad SMARTS) is 1. The molecule has 5 nitrogen and oxygen atoms in total. The first-order valence-electron chi connectivity index (χ1n) is 5.07. The molecular weight excluding hydrogens is 222 g/mol. The summed E-state index contributed by atoms with van der Waals surface area (Å²) in [6.45, 7) is 0.598. The van der Waals surface area contributed by atoms with E-state index >= 15 is 0 Å². The summed E-state index contributed by atoms with van der Waals surface area (Å²) in [7, 11) is 0. The molecular formula is C9H16F2N2O3. The predicted molar refractivity (Wildman–Crippen MR) is 52.4 cm³/mol. The molecule has 1 fully saturated rings. The van der Waals surface area contributed by atoms with E-state index in [4.69, 9.17) is 15.6 Å². The van der Waals surface area contributed by atoms with Gasteiger partial charge in [0.15, 0.2) is 0 Å². The minimum absolute atomic E-state index is 0.0977. The Balaban J connectivity index is 2.06. The number of hydrogen-bond donors (Lipinski definition) is 2. The monoisotopic (exact) mass is 238 g/mol. The maximum atomic E-state index is 12.8. The number of aliphatic carboxylic acids is 1. The highest BCUT2D eigenvalue weighted by molar-refractivity contribution is 5.73. The number of hydrogen-bond acceptors (Lipinski definition) is 4. The average molecular weight is 238 g/mol. The highest BCUT2D eigenvalue weighted by atomic mass is 19.3. The second-order valence-electron chi connectivity index (χ2n) is 3.90. The molecule has 0 aromatic heterocycles. The minimum Gasteiger partial charge on any atom is -0.480 e. The molecule has 0 unspecified atom stereocenters. The van der Waals surface area contributed by atoms with E-state index in [9.17, 15) is 13.6 Å². The number of carbonyl (C=O) groups is 1. The first-order chi connectivity index (χ1) is 7.41.